The second-order valence-electron chi connectivity index (χ2n) is 7.40. The van der Waals surface area contributed by atoms with Crippen molar-refractivity contribution in [3.05, 3.63) is 77.9 Å². The lowest BCUT2D eigenvalue weighted by atomic mass is 10.2. The summed E-state index contributed by atoms with van der Waals surface area (Å²) < 4.78 is 5.74. The Balaban J connectivity index is 1.53. The zero-order valence-corrected chi connectivity index (χ0v) is 17.5. The molecule has 0 radical (unpaired) electrons. The number of aliphatic imine (C=N–C) groups is 1. The molecule has 0 spiro atoms. The number of nitrogens with zero attached hydrogens (tertiary/aromatic N) is 3. The number of rotatable bonds is 8. The molecule has 2 aromatic carbocycles. The summed E-state index contributed by atoms with van der Waals surface area (Å²) in [4.78, 5) is 30.6. The Kier molecular flexibility index (Phi) is 6.37. The fourth-order valence-corrected chi connectivity index (χ4v) is 3.35. The van der Waals surface area contributed by atoms with Crippen LogP contribution >= 0.6 is 0 Å². The number of aromatic amines is 1. The topological polar surface area (TPSA) is 120 Å². The number of carbonyl (C=O) groups is 1. The molecule has 0 bridgehead atoms. The lowest BCUT2D eigenvalue weighted by Crippen LogP contribution is -2.42. The number of ether oxygens (including phenoxy) is 1. The summed E-state index contributed by atoms with van der Waals surface area (Å²) in [5.41, 5.74) is 2.02. The van der Waals surface area contributed by atoms with Crippen LogP contribution in [0.2, 0.25) is 0 Å². The van der Waals surface area contributed by atoms with Crippen LogP contribution in [-0.4, -0.2) is 55.7 Å². The van der Waals surface area contributed by atoms with E-state index < -0.39 is 12.1 Å². The molecular formula is C23H24N4O5. The highest BCUT2D eigenvalue weighted by Crippen LogP contribution is 2.31. The number of amides is 1. The quantitative estimate of drug-likeness (QED) is 0.369. The normalized spacial score (nSPS) is 17.6. The number of hydrogen-bond acceptors (Lipinski definition) is 7. The van der Waals surface area contributed by atoms with Gasteiger partial charge in [0.1, 0.15) is 12.7 Å². The van der Waals surface area contributed by atoms with Crippen molar-refractivity contribution in [3.63, 3.8) is 0 Å². The number of imidazole rings is 1. The molecule has 9 nitrogen and oxygen atoms in total. The molecular weight excluding hydrogens is 412 g/mol. The van der Waals surface area contributed by atoms with Crippen LogP contribution < -0.4 is 0 Å². The van der Waals surface area contributed by atoms with Crippen molar-refractivity contribution < 1.29 is 24.6 Å². The molecule has 2 heterocycles. The molecule has 4 rings (SSSR count). The second-order valence-corrected chi connectivity index (χ2v) is 7.40. The maximum Gasteiger partial charge on any atom is 0.274 e. The number of aromatic hydroxyl groups is 2. The minimum absolute atomic E-state index is 0.0980. The third-order valence-electron chi connectivity index (χ3n) is 5.11. The fourth-order valence-electron chi connectivity index (χ4n) is 3.35. The van der Waals surface area contributed by atoms with Crippen LogP contribution in [-0.2, 0) is 27.4 Å². The standard InChI is InChI=1S/C23H24N4O5/c1-15-20(26-22(32-15)18-8-5-9-19(28)21(18)29)23(30)27(11-10-17-12-24-14-25-17)31-13-16-6-3-2-4-7-16/h2-9,12,14-15,20,28-29H,10-11,13H2,1H3,(H,24,25)/t15-,20+/m0/s1. The van der Waals surface area contributed by atoms with Crippen molar-refractivity contribution in [2.45, 2.75) is 32.1 Å². The average Bonchev–Trinajstić information content (AvgIpc) is 3.46. The zero-order valence-electron chi connectivity index (χ0n) is 17.5. The van der Waals surface area contributed by atoms with Gasteiger partial charge in [-0.25, -0.2) is 15.0 Å². The van der Waals surface area contributed by atoms with E-state index in [1.165, 1.54) is 11.1 Å². The van der Waals surface area contributed by atoms with Gasteiger partial charge in [-0.05, 0) is 24.6 Å². The van der Waals surface area contributed by atoms with Crippen LogP contribution in [0.4, 0.5) is 0 Å². The monoisotopic (exact) mass is 436 g/mol. The molecule has 0 unspecified atom stereocenters. The summed E-state index contributed by atoms with van der Waals surface area (Å²) in [6.45, 7) is 2.24. The molecule has 1 aliphatic rings. The molecule has 0 saturated heterocycles. The summed E-state index contributed by atoms with van der Waals surface area (Å²) in [5, 5.41) is 21.2. The molecule has 166 valence electrons. The summed E-state index contributed by atoms with van der Waals surface area (Å²) in [7, 11) is 0. The number of hydrogen-bond donors (Lipinski definition) is 3. The minimum Gasteiger partial charge on any atom is -0.504 e. The summed E-state index contributed by atoms with van der Waals surface area (Å²) in [6, 6.07) is 13.2. The van der Waals surface area contributed by atoms with Crippen LogP contribution in [0.1, 0.15) is 23.7 Å². The lowest BCUT2D eigenvalue weighted by Gasteiger charge is -2.24. The van der Waals surface area contributed by atoms with Gasteiger partial charge in [-0.3, -0.25) is 9.63 Å². The van der Waals surface area contributed by atoms with Crippen LogP contribution in [0, 0.1) is 0 Å². The Hall–Kier alpha value is -3.85. The highest BCUT2D eigenvalue weighted by atomic mass is 16.7. The Morgan fingerprint density at radius 2 is 2.00 bits per heavy atom. The predicted molar refractivity (Wildman–Crippen MR) is 116 cm³/mol. The molecule has 1 aromatic heterocycles. The number of para-hydroxylation sites is 1. The average molecular weight is 436 g/mol. The first-order chi connectivity index (χ1) is 15.5. The van der Waals surface area contributed by atoms with E-state index in [9.17, 15) is 15.0 Å². The minimum atomic E-state index is -0.857. The van der Waals surface area contributed by atoms with Gasteiger partial charge in [0.05, 0.1) is 18.4 Å². The Morgan fingerprint density at radius 3 is 2.75 bits per heavy atom. The first-order valence-electron chi connectivity index (χ1n) is 10.2. The lowest BCUT2D eigenvalue weighted by molar-refractivity contribution is -0.193. The van der Waals surface area contributed by atoms with E-state index in [2.05, 4.69) is 15.0 Å². The molecule has 1 amide bonds. The van der Waals surface area contributed by atoms with Crippen molar-refractivity contribution in [2.24, 2.45) is 4.99 Å². The van der Waals surface area contributed by atoms with E-state index in [1.807, 2.05) is 30.3 Å². The molecule has 0 fully saturated rings. The van der Waals surface area contributed by atoms with E-state index in [0.29, 0.717) is 13.0 Å². The molecule has 0 saturated carbocycles. The number of benzene rings is 2. The third kappa shape index (κ3) is 4.73. The number of phenolic OH excluding ortho intramolecular Hbond substituents is 2. The van der Waals surface area contributed by atoms with Crippen molar-refractivity contribution in [1.29, 1.82) is 0 Å². The Labute approximate surface area is 184 Å². The smallest absolute Gasteiger partial charge is 0.274 e. The number of phenols is 2. The summed E-state index contributed by atoms with van der Waals surface area (Å²) in [5.74, 6) is -0.894. The number of aromatic nitrogens is 2. The number of H-pyrrole nitrogens is 1. The predicted octanol–water partition coefficient (Wildman–Crippen LogP) is 2.56. The van der Waals surface area contributed by atoms with Gasteiger partial charge in [-0.1, -0.05) is 36.4 Å². The van der Waals surface area contributed by atoms with Crippen molar-refractivity contribution in [2.75, 3.05) is 6.54 Å². The van der Waals surface area contributed by atoms with Crippen molar-refractivity contribution in [1.82, 2.24) is 15.0 Å². The molecule has 9 heteroatoms. The third-order valence-corrected chi connectivity index (χ3v) is 5.11. The van der Waals surface area contributed by atoms with E-state index in [4.69, 9.17) is 9.57 Å². The zero-order chi connectivity index (χ0) is 22.5. The Morgan fingerprint density at radius 1 is 1.19 bits per heavy atom. The van der Waals surface area contributed by atoms with Gasteiger partial charge in [-0.2, -0.15) is 0 Å². The highest BCUT2D eigenvalue weighted by molar-refractivity contribution is 6.01. The summed E-state index contributed by atoms with van der Waals surface area (Å²) >= 11 is 0. The van der Waals surface area contributed by atoms with Crippen LogP contribution in [0.25, 0.3) is 0 Å². The molecule has 3 aromatic rings. The number of carbonyl (C=O) groups excluding carboxylic acids is 1. The van der Waals surface area contributed by atoms with E-state index in [-0.39, 0.29) is 35.5 Å². The van der Waals surface area contributed by atoms with Gasteiger partial charge in [0.25, 0.3) is 5.91 Å². The molecule has 32 heavy (non-hydrogen) atoms. The van der Waals surface area contributed by atoms with Gasteiger partial charge in [-0.15, -0.1) is 0 Å². The SMILES string of the molecule is C[C@@H]1OC(c2cccc(O)c2O)=N[C@H]1C(=O)N(CCc1cnc[nH]1)OCc1ccccc1. The highest BCUT2D eigenvalue weighted by Gasteiger charge is 2.38. The van der Waals surface area contributed by atoms with Crippen molar-refractivity contribution >= 4 is 11.8 Å². The van der Waals surface area contributed by atoms with Gasteiger partial charge in [0.2, 0.25) is 5.90 Å². The Bertz CT molecular complexity index is 1090. The number of nitrogens with one attached hydrogen (secondary N) is 1. The largest absolute Gasteiger partial charge is 0.504 e. The van der Waals surface area contributed by atoms with E-state index in [1.54, 1.807) is 31.6 Å². The first-order valence-corrected chi connectivity index (χ1v) is 10.2. The fraction of sp³-hybridized carbons (Fsp3) is 0.261. The van der Waals surface area contributed by atoms with Crippen molar-refractivity contribution in [3.8, 4) is 11.5 Å². The molecule has 2 atom stereocenters. The summed E-state index contributed by atoms with van der Waals surface area (Å²) in [6.07, 6.45) is 3.22. The van der Waals surface area contributed by atoms with Crippen LogP contribution in [0.5, 0.6) is 11.5 Å². The van der Waals surface area contributed by atoms with Gasteiger partial charge in [0, 0.05) is 18.3 Å². The molecule has 3 N–H and O–H groups in total. The van der Waals surface area contributed by atoms with Gasteiger partial charge >= 0.3 is 0 Å². The van der Waals surface area contributed by atoms with Crippen LogP contribution in [0.3, 0.4) is 0 Å². The van der Waals surface area contributed by atoms with Gasteiger partial charge in [0.15, 0.2) is 17.5 Å². The van der Waals surface area contributed by atoms with Crippen LogP contribution in [0.15, 0.2) is 66.0 Å². The van der Waals surface area contributed by atoms with E-state index >= 15 is 0 Å². The maximum atomic E-state index is 13.3. The molecule has 1 aliphatic heterocycles. The molecule has 0 aliphatic carbocycles. The first kappa shape index (κ1) is 21.4. The van der Waals surface area contributed by atoms with E-state index in [0.717, 1.165) is 11.3 Å². The van der Waals surface area contributed by atoms with Gasteiger partial charge < -0.3 is 19.9 Å². The second kappa shape index (κ2) is 9.52. The maximum absolute atomic E-state index is 13.3. The number of hydroxylamine groups is 2.